The minimum atomic E-state index is -0.514. The van der Waals surface area contributed by atoms with Crippen molar-refractivity contribution >= 4 is 40.5 Å². The molecule has 110 valence electrons. The third-order valence-corrected chi connectivity index (χ3v) is 3.16. The van der Waals surface area contributed by atoms with Gasteiger partial charge in [-0.2, -0.15) is 5.26 Å². The molecule has 22 heavy (non-hydrogen) atoms. The quantitative estimate of drug-likeness (QED) is 0.642. The van der Waals surface area contributed by atoms with Gasteiger partial charge in [0.1, 0.15) is 11.6 Å². The normalized spacial score (nSPS) is 10.7. The van der Waals surface area contributed by atoms with Gasteiger partial charge >= 0.3 is 0 Å². The van der Waals surface area contributed by atoms with Gasteiger partial charge in [-0.15, -0.1) is 0 Å². The fourth-order valence-electron chi connectivity index (χ4n) is 1.61. The molecule has 0 aliphatic carbocycles. The van der Waals surface area contributed by atoms with Gasteiger partial charge in [-0.1, -0.05) is 29.3 Å². The molecule has 0 saturated carbocycles. The highest BCUT2D eigenvalue weighted by atomic mass is 35.5. The molecule has 2 N–H and O–H groups in total. The van der Waals surface area contributed by atoms with Crippen LogP contribution in [0.2, 0.25) is 10.0 Å². The number of halogens is 2. The molecule has 2 aromatic carbocycles. The number of carbonyl (C=O) groups excluding carboxylic acids is 1. The summed E-state index contributed by atoms with van der Waals surface area (Å²) in [7, 11) is 0. The first-order chi connectivity index (χ1) is 10.6. The average molecular weight is 332 g/mol. The molecule has 0 saturated heterocycles. The summed E-state index contributed by atoms with van der Waals surface area (Å²) < 4.78 is 0. The van der Waals surface area contributed by atoms with Crippen molar-refractivity contribution in [3.05, 3.63) is 70.3 Å². The first-order valence-corrected chi connectivity index (χ1v) is 7.03. The van der Waals surface area contributed by atoms with Crippen molar-refractivity contribution in [1.29, 1.82) is 5.26 Å². The average Bonchev–Trinajstić information content (AvgIpc) is 2.50. The molecular weight excluding hydrogens is 321 g/mol. The number of amides is 1. The summed E-state index contributed by atoms with van der Waals surface area (Å²) in [5.74, 6) is -0.514. The lowest BCUT2D eigenvalue weighted by atomic mass is 10.2. The van der Waals surface area contributed by atoms with Crippen molar-refractivity contribution in [3.63, 3.8) is 0 Å². The molecule has 0 bridgehead atoms. The van der Waals surface area contributed by atoms with Gasteiger partial charge in [-0.05, 0) is 42.5 Å². The monoisotopic (exact) mass is 331 g/mol. The van der Waals surface area contributed by atoms with E-state index in [1.165, 1.54) is 6.20 Å². The van der Waals surface area contributed by atoms with Gasteiger partial charge in [-0.3, -0.25) is 4.79 Å². The summed E-state index contributed by atoms with van der Waals surface area (Å²) in [6.07, 6.45) is 1.33. The Morgan fingerprint density at radius 1 is 1.05 bits per heavy atom. The van der Waals surface area contributed by atoms with Crippen molar-refractivity contribution in [2.75, 3.05) is 10.6 Å². The fraction of sp³-hybridized carbons (Fsp3) is 0. The van der Waals surface area contributed by atoms with E-state index in [-0.39, 0.29) is 5.57 Å². The van der Waals surface area contributed by atoms with Crippen LogP contribution in [0.5, 0.6) is 0 Å². The standard InChI is InChI=1S/C16H11Cl2N3O/c17-12-4-6-14(7-5-12)21-16(22)11(9-19)10-20-15-3-1-2-13(18)8-15/h1-8,10,20H,(H,21,22)/b11-10-. The smallest absolute Gasteiger partial charge is 0.267 e. The zero-order valence-electron chi connectivity index (χ0n) is 11.3. The van der Waals surface area contributed by atoms with Crippen LogP contribution in [0, 0.1) is 11.3 Å². The van der Waals surface area contributed by atoms with Crippen LogP contribution in [0.1, 0.15) is 0 Å². The van der Waals surface area contributed by atoms with E-state index in [0.717, 1.165) is 0 Å². The Kier molecular flexibility index (Phi) is 5.42. The van der Waals surface area contributed by atoms with E-state index in [4.69, 9.17) is 28.5 Å². The Hall–Kier alpha value is -2.48. The highest BCUT2D eigenvalue weighted by Gasteiger charge is 2.09. The molecule has 0 aromatic heterocycles. The first kappa shape index (κ1) is 15.9. The number of hydrogen-bond acceptors (Lipinski definition) is 3. The van der Waals surface area contributed by atoms with Gasteiger partial charge in [-0.25, -0.2) is 0 Å². The Balaban J connectivity index is 2.07. The predicted molar refractivity (Wildman–Crippen MR) is 88.9 cm³/mol. The van der Waals surface area contributed by atoms with Crippen molar-refractivity contribution < 1.29 is 4.79 Å². The number of anilines is 2. The molecule has 0 radical (unpaired) electrons. The lowest BCUT2D eigenvalue weighted by molar-refractivity contribution is -0.112. The van der Waals surface area contributed by atoms with E-state index < -0.39 is 5.91 Å². The second kappa shape index (κ2) is 7.51. The van der Waals surface area contributed by atoms with Crippen LogP contribution in [0.4, 0.5) is 11.4 Å². The molecule has 0 atom stereocenters. The molecule has 0 spiro atoms. The zero-order valence-corrected chi connectivity index (χ0v) is 12.8. The van der Waals surface area contributed by atoms with Crippen LogP contribution in [0.25, 0.3) is 0 Å². The lowest BCUT2D eigenvalue weighted by Gasteiger charge is -2.05. The summed E-state index contributed by atoms with van der Waals surface area (Å²) >= 11 is 11.6. The highest BCUT2D eigenvalue weighted by Crippen LogP contribution is 2.16. The van der Waals surface area contributed by atoms with Crippen molar-refractivity contribution in [2.45, 2.75) is 0 Å². The topological polar surface area (TPSA) is 64.9 Å². The number of carbonyl (C=O) groups is 1. The molecule has 0 aliphatic rings. The second-order valence-electron chi connectivity index (χ2n) is 4.29. The van der Waals surface area contributed by atoms with Crippen molar-refractivity contribution in [3.8, 4) is 6.07 Å². The number of nitriles is 1. The largest absolute Gasteiger partial charge is 0.360 e. The minimum Gasteiger partial charge on any atom is -0.360 e. The van der Waals surface area contributed by atoms with Crippen LogP contribution in [0.3, 0.4) is 0 Å². The van der Waals surface area contributed by atoms with Crippen LogP contribution < -0.4 is 10.6 Å². The van der Waals surface area contributed by atoms with Gasteiger partial charge in [0.15, 0.2) is 0 Å². The summed E-state index contributed by atoms with van der Waals surface area (Å²) in [6, 6.07) is 15.4. The van der Waals surface area contributed by atoms with Crippen LogP contribution in [-0.2, 0) is 4.79 Å². The Morgan fingerprint density at radius 2 is 1.77 bits per heavy atom. The number of hydrogen-bond donors (Lipinski definition) is 2. The second-order valence-corrected chi connectivity index (χ2v) is 5.16. The molecule has 0 aliphatic heterocycles. The summed E-state index contributed by atoms with van der Waals surface area (Å²) in [5.41, 5.74) is 1.17. The Labute approximate surface area is 138 Å². The van der Waals surface area contributed by atoms with E-state index in [2.05, 4.69) is 10.6 Å². The molecule has 0 fully saturated rings. The molecular formula is C16H11Cl2N3O. The van der Waals surface area contributed by atoms with Gasteiger partial charge in [0.05, 0.1) is 0 Å². The van der Waals surface area contributed by atoms with Crippen LogP contribution >= 0.6 is 23.2 Å². The Bertz CT molecular complexity index is 749. The SMILES string of the molecule is N#C/C(=C/Nc1cccc(Cl)c1)C(=O)Nc1ccc(Cl)cc1. The zero-order chi connectivity index (χ0) is 15.9. The van der Waals surface area contributed by atoms with Crippen molar-refractivity contribution in [2.24, 2.45) is 0 Å². The van der Waals surface area contributed by atoms with Gasteiger partial charge < -0.3 is 10.6 Å². The van der Waals surface area contributed by atoms with Crippen molar-refractivity contribution in [1.82, 2.24) is 0 Å². The van der Waals surface area contributed by atoms with Gasteiger partial charge in [0.2, 0.25) is 0 Å². The van der Waals surface area contributed by atoms with E-state index in [0.29, 0.717) is 21.4 Å². The highest BCUT2D eigenvalue weighted by molar-refractivity contribution is 6.31. The first-order valence-electron chi connectivity index (χ1n) is 6.28. The third kappa shape index (κ3) is 4.52. The van der Waals surface area contributed by atoms with Crippen LogP contribution in [0.15, 0.2) is 60.3 Å². The maximum atomic E-state index is 12.0. The van der Waals surface area contributed by atoms with E-state index in [1.807, 2.05) is 6.07 Å². The van der Waals surface area contributed by atoms with E-state index >= 15 is 0 Å². The third-order valence-electron chi connectivity index (χ3n) is 2.67. The summed E-state index contributed by atoms with van der Waals surface area (Å²) in [4.78, 5) is 12.0. The van der Waals surface area contributed by atoms with E-state index in [9.17, 15) is 4.79 Å². The van der Waals surface area contributed by atoms with Gasteiger partial charge in [0, 0.05) is 27.6 Å². The molecule has 2 rings (SSSR count). The maximum absolute atomic E-state index is 12.0. The molecule has 6 heteroatoms. The fourth-order valence-corrected chi connectivity index (χ4v) is 1.93. The minimum absolute atomic E-state index is 0.0603. The predicted octanol–water partition coefficient (Wildman–Crippen LogP) is 4.45. The number of benzene rings is 2. The van der Waals surface area contributed by atoms with Crippen LogP contribution in [-0.4, -0.2) is 5.91 Å². The molecule has 2 aromatic rings. The molecule has 4 nitrogen and oxygen atoms in total. The maximum Gasteiger partial charge on any atom is 0.267 e. The molecule has 0 unspecified atom stereocenters. The van der Waals surface area contributed by atoms with Gasteiger partial charge in [0.25, 0.3) is 5.91 Å². The molecule has 0 heterocycles. The lowest BCUT2D eigenvalue weighted by Crippen LogP contribution is -2.14. The number of nitrogens with zero attached hydrogens (tertiary/aromatic N) is 1. The Morgan fingerprint density at radius 3 is 2.41 bits per heavy atom. The number of rotatable bonds is 4. The van der Waals surface area contributed by atoms with E-state index in [1.54, 1.807) is 48.5 Å². The number of nitrogens with one attached hydrogen (secondary N) is 2. The summed E-state index contributed by atoms with van der Waals surface area (Å²) in [6.45, 7) is 0. The summed E-state index contributed by atoms with van der Waals surface area (Å²) in [5, 5.41) is 15.7. The molecule has 1 amide bonds.